The van der Waals surface area contributed by atoms with Crippen LogP contribution in [0.5, 0.6) is 5.75 Å². The van der Waals surface area contributed by atoms with Gasteiger partial charge in [0.15, 0.2) is 0 Å². The average Bonchev–Trinajstić information content (AvgIpc) is 2.48. The van der Waals surface area contributed by atoms with E-state index in [2.05, 4.69) is 19.0 Å². The molecule has 1 heterocycles. The van der Waals surface area contributed by atoms with Crippen LogP contribution in [0.3, 0.4) is 0 Å². The van der Waals surface area contributed by atoms with Crippen LogP contribution in [0.15, 0.2) is 30.3 Å². The molecule has 4 heteroatoms. The summed E-state index contributed by atoms with van der Waals surface area (Å²) in [6, 6.07) is 10.2. The van der Waals surface area contributed by atoms with Gasteiger partial charge in [-0.15, -0.1) is 0 Å². The third-order valence-electron chi connectivity index (χ3n) is 3.88. The van der Waals surface area contributed by atoms with Crippen LogP contribution in [0, 0.1) is 0 Å². The molecule has 1 aliphatic rings. The second kappa shape index (κ2) is 7.29. The van der Waals surface area contributed by atoms with Crippen molar-refractivity contribution in [3.05, 3.63) is 30.3 Å². The summed E-state index contributed by atoms with van der Waals surface area (Å²) in [6.07, 6.45) is 2.60. The summed E-state index contributed by atoms with van der Waals surface area (Å²) in [6.45, 7) is 2.19. The number of hydrogen-bond acceptors (Lipinski definition) is 3. The fraction of sp³-hybridized carbons (Fsp3) is 0.562. The number of benzene rings is 1. The van der Waals surface area contributed by atoms with Crippen molar-refractivity contribution in [2.24, 2.45) is 0 Å². The van der Waals surface area contributed by atoms with Gasteiger partial charge in [-0.05, 0) is 39.1 Å². The van der Waals surface area contributed by atoms with E-state index >= 15 is 0 Å². The summed E-state index contributed by atoms with van der Waals surface area (Å²) in [5, 5.41) is 0. The molecular formula is C16H24N2O2. The first kappa shape index (κ1) is 14.9. The standard InChI is InChI=1S/C16H24N2O2/c1-17(2)14-8-11-18(12-9-14)16(19)10-13-20-15-6-4-3-5-7-15/h3-7,14H,8-13H2,1-2H3. The lowest BCUT2D eigenvalue weighted by atomic mass is 10.0. The van der Waals surface area contributed by atoms with E-state index in [9.17, 15) is 4.79 Å². The zero-order valence-corrected chi connectivity index (χ0v) is 12.4. The molecule has 0 bridgehead atoms. The summed E-state index contributed by atoms with van der Waals surface area (Å²) in [5.74, 6) is 1.03. The summed E-state index contributed by atoms with van der Waals surface area (Å²) >= 11 is 0. The summed E-state index contributed by atoms with van der Waals surface area (Å²) < 4.78 is 5.57. The molecule has 1 aromatic carbocycles. The van der Waals surface area contributed by atoms with Crippen LogP contribution in [-0.2, 0) is 4.79 Å². The summed E-state index contributed by atoms with van der Waals surface area (Å²) in [4.78, 5) is 16.3. The molecule has 20 heavy (non-hydrogen) atoms. The lowest BCUT2D eigenvalue weighted by Gasteiger charge is -2.35. The normalized spacial score (nSPS) is 16.4. The molecule has 1 fully saturated rings. The molecule has 0 N–H and O–H groups in total. The molecule has 2 rings (SSSR count). The highest BCUT2D eigenvalue weighted by atomic mass is 16.5. The van der Waals surface area contributed by atoms with Gasteiger partial charge in [0.1, 0.15) is 5.75 Å². The minimum Gasteiger partial charge on any atom is -0.493 e. The Kier molecular flexibility index (Phi) is 5.41. The van der Waals surface area contributed by atoms with Gasteiger partial charge in [-0.3, -0.25) is 4.79 Å². The van der Waals surface area contributed by atoms with Crippen molar-refractivity contribution in [2.75, 3.05) is 33.8 Å². The molecule has 0 atom stereocenters. The highest BCUT2D eigenvalue weighted by Gasteiger charge is 2.23. The van der Waals surface area contributed by atoms with Gasteiger partial charge in [-0.1, -0.05) is 18.2 Å². The maximum Gasteiger partial charge on any atom is 0.225 e. The molecule has 1 saturated heterocycles. The van der Waals surface area contributed by atoms with E-state index < -0.39 is 0 Å². The molecule has 0 unspecified atom stereocenters. The lowest BCUT2D eigenvalue weighted by molar-refractivity contribution is -0.133. The van der Waals surface area contributed by atoms with Crippen molar-refractivity contribution in [2.45, 2.75) is 25.3 Å². The van der Waals surface area contributed by atoms with Gasteiger partial charge in [-0.25, -0.2) is 0 Å². The third kappa shape index (κ3) is 4.23. The molecule has 110 valence electrons. The van der Waals surface area contributed by atoms with Gasteiger partial charge in [-0.2, -0.15) is 0 Å². The van der Waals surface area contributed by atoms with Crippen molar-refractivity contribution in [1.29, 1.82) is 0 Å². The van der Waals surface area contributed by atoms with E-state index in [1.54, 1.807) is 0 Å². The Balaban J connectivity index is 1.68. The summed E-state index contributed by atoms with van der Waals surface area (Å²) in [5.41, 5.74) is 0. The second-order valence-electron chi connectivity index (χ2n) is 5.49. The Hall–Kier alpha value is -1.55. The molecular weight excluding hydrogens is 252 g/mol. The van der Waals surface area contributed by atoms with Gasteiger partial charge in [0, 0.05) is 19.1 Å². The zero-order chi connectivity index (χ0) is 14.4. The van der Waals surface area contributed by atoms with Crippen LogP contribution in [0.25, 0.3) is 0 Å². The molecule has 0 radical (unpaired) electrons. The summed E-state index contributed by atoms with van der Waals surface area (Å²) in [7, 11) is 4.21. The van der Waals surface area contributed by atoms with Crippen LogP contribution in [0.2, 0.25) is 0 Å². The Labute approximate surface area is 121 Å². The molecule has 0 aromatic heterocycles. The SMILES string of the molecule is CN(C)C1CCN(C(=O)CCOc2ccccc2)CC1. The Morgan fingerprint density at radius 2 is 1.90 bits per heavy atom. The van der Waals surface area contributed by atoms with E-state index in [0.29, 0.717) is 19.1 Å². The van der Waals surface area contributed by atoms with Gasteiger partial charge in [0.05, 0.1) is 13.0 Å². The largest absolute Gasteiger partial charge is 0.493 e. The molecule has 1 aliphatic heterocycles. The Bertz CT molecular complexity index is 412. The van der Waals surface area contributed by atoms with Crippen LogP contribution in [0.1, 0.15) is 19.3 Å². The lowest BCUT2D eigenvalue weighted by Crippen LogP contribution is -2.44. The van der Waals surface area contributed by atoms with Crippen LogP contribution in [-0.4, -0.2) is 55.5 Å². The molecule has 1 aromatic rings. The molecule has 1 amide bonds. The number of ether oxygens (including phenoxy) is 1. The van der Waals surface area contributed by atoms with Crippen LogP contribution >= 0.6 is 0 Å². The second-order valence-corrected chi connectivity index (χ2v) is 5.49. The van der Waals surface area contributed by atoms with E-state index in [1.807, 2.05) is 35.2 Å². The smallest absolute Gasteiger partial charge is 0.225 e. The molecule has 4 nitrogen and oxygen atoms in total. The van der Waals surface area contributed by atoms with Crippen LogP contribution < -0.4 is 4.74 Å². The van der Waals surface area contributed by atoms with Crippen molar-refractivity contribution in [3.63, 3.8) is 0 Å². The number of para-hydroxylation sites is 1. The van der Waals surface area contributed by atoms with Crippen molar-refractivity contribution in [1.82, 2.24) is 9.80 Å². The number of likely N-dealkylation sites (tertiary alicyclic amines) is 1. The number of carbonyl (C=O) groups excluding carboxylic acids is 1. The predicted octanol–water partition coefficient (Wildman–Crippen LogP) is 2.01. The number of carbonyl (C=O) groups is 1. The maximum atomic E-state index is 12.1. The molecule has 0 saturated carbocycles. The highest BCUT2D eigenvalue weighted by Crippen LogP contribution is 2.15. The number of piperidine rings is 1. The highest BCUT2D eigenvalue weighted by molar-refractivity contribution is 5.76. The zero-order valence-electron chi connectivity index (χ0n) is 12.4. The number of rotatable bonds is 5. The number of hydrogen-bond donors (Lipinski definition) is 0. The van der Waals surface area contributed by atoms with E-state index in [0.717, 1.165) is 31.7 Å². The minimum atomic E-state index is 0.207. The molecule has 0 aliphatic carbocycles. The van der Waals surface area contributed by atoms with Gasteiger partial charge in [0.25, 0.3) is 0 Å². The monoisotopic (exact) mass is 276 g/mol. The van der Waals surface area contributed by atoms with Crippen LogP contribution in [0.4, 0.5) is 0 Å². The fourth-order valence-electron chi connectivity index (χ4n) is 2.56. The maximum absolute atomic E-state index is 12.1. The Morgan fingerprint density at radius 1 is 1.25 bits per heavy atom. The topological polar surface area (TPSA) is 32.8 Å². The van der Waals surface area contributed by atoms with E-state index in [-0.39, 0.29) is 5.91 Å². The Morgan fingerprint density at radius 3 is 2.50 bits per heavy atom. The molecule has 0 spiro atoms. The number of nitrogens with zero attached hydrogens (tertiary/aromatic N) is 2. The van der Waals surface area contributed by atoms with E-state index in [1.165, 1.54) is 0 Å². The van der Waals surface area contributed by atoms with Crippen molar-refractivity contribution < 1.29 is 9.53 Å². The first-order chi connectivity index (χ1) is 9.66. The first-order valence-electron chi connectivity index (χ1n) is 7.29. The average molecular weight is 276 g/mol. The van der Waals surface area contributed by atoms with Gasteiger partial charge in [0.2, 0.25) is 5.91 Å². The van der Waals surface area contributed by atoms with Crippen molar-refractivity contribution >= 4 is 5.91 Å². The predicted molar refractivity (Wildman–Crippen MR) is 79.8 cm³/mol. The quantitative estimate of drug-likeness (QED) is 0.824. The number of amides is 1. The third-order valence-corrected chi connectivity index (χ3v) is 3.88. The van der Waals surface area contributed by atoms with Crippen molar-refractivity contribution in [3.8, 4) is 5.75 Å². The first-order valence-corrected chi connectivity index (χ1v) is 7.29. The minimum absolute atomic E-state index is 0.207. The van der Waals surface area contributed by atoms with Gasteiger partial charge >= 0.3 is 0 Å². The van der Waals surface area contributed by atoms with Gasteiger partial charge < -0.3 is 14.5 Å². The van der Waals surface area contributed by atoms with E-state index in [4.69, 9.17) is 4.74 Å². The fourth-order valence-corrected chi connectivity index (χ4v) is 2.56.